The van der Waals surface area contributed by atoms with Gasteiger partial charge in [0, 0.05) is 26.2 Å². The van der Waals surface area contributed by atoms with Gasteiger partial charge in [0.2, 0.25) is 0 Å². The molecule has 16 heavy (non-hydrogen) atoms. The highest BCUT2D eigenvalue weighted by atomic mass is 16.5. The van der Waals surface area contributed by atoms with Gasteiger partial charge in [-0.05, 0) is 25.2 Å². The Kier molecular flexibility index (Phi) is 7.01. The largest absolute Gasteiger partial charge is 0.393 e. The first-order valence-electron chi connectivity index (χ1n) is 6.76. The van der Waals surface area contributed by atoms with Gasteiger partial charge in [0.05, 0.1) is 12.7 Å². The zero-order valence-corrected chi connectivity index (χ0v) is 10.8. The molecular weight excluding hydrogens is 202 g/mol. The van der Waals surface area contributed by atoms with Crippen LogP contribution in [0.3, 0.4) is 0 Å². The summed E-state index contributed by atoms with van der Waals surface area (Å²) in [5.74, 6) is 0.462. The number of hydrogen-bond acceptors (Lipinski definition) is 3. The molecule has 1 heterocycles. The molecule has 3 nitrogen and oxygen atoms in total. The van der Waals surface area contributed by atoms with E-state index in [1.165, 1.54) is 6.42 Å². The van der Waals surface area contributed by atoms with Crippen molar-refractivity contribution in [2.24, 2.45) is 5.92 Å². The predicted molar refractivity (Wildman–Crippen MR) is 66.6 cm³/mol. The normalized spacial score (nSPS) is 27.2. The Morgan fingerprint density at radius 3 is 2.81 bits per heavy atom. The number of unbranched alkanes of at least 4 members (excludes halogenated alkanes) is 1. The van der Waals surface area contributed by atoms with Gasteiger partial charge in [-0.15, -0.1) is 0 Å². The van der Waals surface area contributed by atoms with E-state index in [2.05, 4.69) is 18.7 Å². The highest BCUT2D eigenvalue weighted by Crippen LogP contribution is 2.19. The summed E-state index contributed by atoms with van der Waals surface area (Å²) in [7, 11) is 0. The summed E-state index contributed by atoms with van der Waals surface area (Å²) in [5, 5.41) is 9.77. The number of nitrogens with zero attached hydrogens (tertiary/aromatic N) is 1. The molecule has 2 unspecified atom stereocenters. The van der Waals surface area contributed by atoms with Crippen LogP contribution in [0.1, 0.15) is 39.5 Å². The lowest BCUT2D eigenvalue weighted by atomic mass is 9.92. The zero-order valence-electron chi connectivity index (χ0n) is 10.8. The molecule has 1 saturated heterocycles. The molecule has 96 valence electrons. The summed E-state index contributed by atoms with van der Waals surface area (Å²) in [5.41, 5.74) is 0. The second-order valence-electron chi connectivity index (χ2n) is 4.79. The van der Waals surface area contributed by atoms with Crippen molar-refractivity contribution in [3.8, 4) is 0 Å². The zero-order chi connectivity index (χ0) is 11.8. The van der Waals surface area contributed by atoms with Crippen LogP contribution in [0, 0.1) is 5.92 Å². The summed E-state index contributed by atoms with van der Waals surface area (Å²) >= 11 is 0. The number of ether oxygens (including phenoxy) is 1. The van der Waals surface area contributed by atoms with E-state index in [-0.39, 0.29) is 6.10 Å². The molecule has 0 amide bonds. The molecule has 1 fully saturated rings. The molecule has 0 aromatic heterocycles. The summed E-state index contributed by atoms with van der Waals surface area (Å²) in [6, 6.07) is 0. The lowest BCUT2D eigenvalue weighted by molar-refractivity contribution is 0.0119. The van der Waals surface area contributed by atoms with E-state index in [1.54, 1.807) is 0 Å². The van der Waals surface area contributed by atoms with E-state index in [9.17, 15) is 5.11 Å². The fourth-order valence-electron chi connectivity index (χ4n) is 2.24. The van der Waals surface area contributed by atoms with Gasteiger partial charge in [0.25, 0.3) is 0 Å². The smallest absolute Gasteiger partial charge is 0.0593 e. The molecule has 1 aliphatic rings. The highest BCUT2D eigenvalue weighted by Gasteiger charge is 2.25. The van der Waals surface area contributed by atoms with Gasteiger partial charge in [-0.2, -0.15) is 0 Å². The van der Waals surface area contributed by atoms with Gasteiger partial charge in [-0.1, -0.05) is 20.3 Å². The van der Waals surface area contributed by atoms with Crippen molar-refractivity contribution in [3.05, 3.63) is 0 Å². The van der Waals surface area contributed by atoms with E-state index in [0.717, 1.165) is 52.1 Å². The quantitative estimate of drug-likeness (QED) is 0.677. The Hall–Kier alpha value is -0.120. The maximum Gasteiger partial charge on any atom is 0.0593 e. The van der Waals surface area contributed by atoms with Crippen LogP contribution in [-0.4, -0.2) is 49.0 Å². The van der Waals surface area contributed by atoms with E-state index in [1.807, 2.05) is 0 Å². The molecular formula is C13H27NO2. The molecule has 0 bridgehead atoms. The maximum atomic E-state index is 9.77. The van der Waals surface area contributed by atoms with Gasteiger partial charge < -0.3 is 14.7 Å². The molecule has 1 aliphatic heterocycles. The number of hydrogen-bond donors (Lipinski definition) is 1. The van der Waals surface area contributed by atoms with Crippen LogP contribution in [0.15, 0.2) is 0 Å². The van der Waals surface area contributed by atoms with Crippen LogP contribution in [0.5, 0.6) is 0 Å². The van der Waals surface area contributed by atoms with Crippen LogP contribution in [0.4, 0.5) is 0 Å². The van der Waals surface area contributed by atoms with Crippen molar-refractivity contribution in [3.63, 3.8) is 0 Å². The maximum absolute atomic E-state index is 9.77. The van der Waals surface area contributed by atoms with Gasteiger partial charge in [-0.3, -0.25) is 0 Å². The summed E-state index contributed by atoms with van der Waals surface area (Å²) in [6.07, 6.45) is 4.29. The van der Waals surface area contributed by atoms with Gasteiger partial charge in [0.1, 0.15) is 0 Å². The summed E-state index contributed by atoms with van der Waals surface area (Å²) < 4.78 is 5.57. The minimum atomic E-state index is -0.0812. The highest BCUT2D eigenvalue weighted by molar-refractivity contribution is 4.78. The topological polar surface area (TPSA) is 32.7 Å². The number of likely N-dealkylation sites (tertiary alicyclic amines) is 1. The molecule has 1 rings (SSSR count). The molecule has 2 atom stereocenters. The molecule has 3 heteroatoms. The Bertz CT molecular complexity index is 175. The van der Waals surface area contributed by atoms with E-state index >= 15 is 0 Å². The first kappa shape index (κ1) is 13.9. The van der Waals surface area contributed by atoms with Crippen molar-refractivity contribution in [1.29, 1.82) is 0 Å². The molecule has 0 aromatic carbocycles. The van der Waals surface area contributed by atoms with Crippen molar-refractivity contribution >= 4 is 0 Å². The van der Waals surface area contributed by atoms with Crippen LogP contribution in [0.25, 0.3) is 0 Å². The third kappa shape index (κ3) is 4.81. The van der Waals surface area contributed by atoms with Crippen molar-refractivity contribution < 1.29 is 9.84 Å². The Balaban J connectivity index is 2.08. The summed E-state index contributed by atoms with van der Waals surface area (Å²) in [6.45, 7) is 9.16. The average Bonchev–Trinajstić information content (AvgIpc) is 2.31. The second-order valence-corrected chi connectivity index (χ2v) is 4.79. The van der Waals surface area contributed by atoms with Gasteiger partial charge in [0.15, 0.2) is 0 Å². The van der Waals surface area contributed by atoms with Crippen LogP contribution >= 0.6 is 0 Å². The Morgan fingerprint density at radius 2 is 2.12 bits per heavy atom. The predicted octanol–water partition coefficient (Wildman–Crippen LogP) is 1.90. The van der Waals surface area contributed by atoms with Crippen molar-refractivity contribution in [2.45, 2.75) is 45.6 Å². The van der Waals surface area contributed by atoms with Gasteiger partial charge in [-0.25, -0.2) is 0 Å². The molecule has 0 spiro atoms. The van der Waals surface area contributed by atoms with E-state index in [4.69, 9.17) is 4.74 Å². The second kappa shape index (κ2) is 8.04. The van der Waals surface area contributed by atoms with Crippen LogP contribution in [0.2, 0.25) is 0 Å². The van der Waals surface area contributed by atoms with Crippen molar-refractivity contribution in [2.75, 3.05) is 32.8 Å². The monoisotopic (exact) mass is 229 g/mol. The molecule has 0 aliphatic carbocycles. The Labute approximate surface area is 99.8 Å². The standard InChI is InChI=1S/C13H27NO2/c1-3-5-9-16-10-8-14-7-6-13(15)12(4-2)11-14/h12-13,15H,3-11H2,1-2H3. The van der Waals surface area contributed by atoms with E-state index < -0.39 is 0 Å². The molecule has 0 aromatic rings. The fourth-order valence-corrected chi connectivity index (χ4v) is 2.24. The minimum Gasteiger partial charge on any atom is -0.393 e. The first-order valence-corrected chi connectivity index (χ1v) is 6.76. The number of aliphatic hydroxyl groups is 1. The molecule has 1 N–H and O–H groups in total. The average molecular weight is 229 g/mol. The van der Waals surface area contributed by atoms with Crippen LogP contribution < -0.4 is 0 Å². The number of piperidine rings is 1. The van der Waals surface area contributed by atoms with E-state index in [0.29, 0.717) is 5.92 Å². The fraction of sp³-hybridized carbons (Fsp3) is 1.00. The molecule has 0 radical (unpaired) electrons. The van der Waals surface area contributed by atoms with Crippen LogP contribution in [-0.2, 0) is 4.74 Å². The SMILES string of the molecule is CCCCOCCN1CCC(O)C(CC)C1. The van der Waals surface area contributed by atoms with Gasteiger partial charge >= 0.3 is 0 Å². The Morgan fingerprint density at radius 1 is 1.31 bits per heavy atom. The first-order chi connectivity index (χ1) is 7.77. The summed E-state index contributed by atoms with van der Waals surface area (Å²) in [4.78, 5) is 2.42. The van der Waals surface area contributed by atoms with Crippen molar-refractivity contribution in [1.82, 2.24) is 4.90 Å². The molecule has 0 saturated carbocycles. The third-order valence-corrected chi connectivity index (χ3v) is 3.50. The third-order valence-electron chi connectivity index (χ3n) is 3.50. The lowest BCUT2D eigenvalue weighted by Crippen LogP contribution is -2.44. The number of rotatable bonds is 7. The number of aliphatic hydroxyl groups excluding tert-OH is 1. The minimum absolute atomic E-state index is 0.0812. The lowest BCUT2D eigenvalue weighted by Gasteiger charge is -2.35.